The van der Waals surface area contributed by atoms with E-state index in [4.69, 9.17) is 0 Å². The van der Waals surface area contributed by atoms with Crippen LogP contribution in [0.4, 0.5) is 0 Å². The van der Waals surface area contributed by atoms with Gasteiger partial charge >= 0.3 is 0 Å². The Morgan fingerprint density at radius 2 is 1.78 bits per heavy atom. The van der Waals surface area contributed by atoms with E-state index in [-0.39, 0.29) is 0 Å². The summed E-state index contributed by atoms with van der Waals surface area (Å²) in [6.45, 7) is 7.18. The molecule has 0 aromatic carbocycles. The average Bonchev–Trinajstić information content (AvgIpc) is 2.59. The second-order valence-corrected chi connectivity index (χ2v) is 6.87. The van der Waals surface area contributed by atoms with E-state index in [1.165, 1.54) is 44.9 Å². The van der Waals surface area contributed by atoms with Gasteiger partial charge in [-0.2, -0.15) is 0 Å². The molecule has 0 aromatic heterocycles. The number of likely N-dealkylation sites (tertiary alicyclic amines) is 1. The van der Waals surface area contributed by atoms with Crippen molar-refractivity contribution in [3.8, 4) is 0 Å². The highest BCUT2D eigenvalue weighted by Gasteiger charge is 2.42. The third kappa shape index (κ3) is 3.59. The first-order valence-corrected chi connectivity index (χ1v) is 8.24. The summed E-state index contributed by atoms with van der Waals surface area (Å²) >= 11 is 0. The minimum Gasteiger partial charge on any atom is -0.309 e. The Morgan fingerprint density at radius 1 is 1.11 bits per heavy atom. The van der Waals surface area contributed by atoms with Gasteiger partial charge in [0.2, 0.25) is 0 Å². The van der Waals surface area contributed by atoms with Crippen LogP contribution in [0.1, 0.15) is 65.7 Å². The van der Waals surface area contributed by atoms with Crippen molar-refractivity contribution in [2.45, 2.75) is 89.0 Å². The molecule has 0 aliphatic carbocycles. The first-order valence-electron chi connectivity index (χ1n) is 8.24. The van der Waals surface area contributed by atoms with Crippen molar-refractivity contribution in [1.82, 2.24) is 4.90 Å². The highest BCUT2D eigenvalue weighted by Crippen LogP contribution is 2.39. The van der Waals surface area contributed by atoms with E-state index >= 15 is 0 Å². The summed E-state index contributed by atoms with van der Waals surface area (Å²) in [5.41, 5.74) is 0.428. The molecule has 1 fully saturated rings. The maximum Gasteiger partial charge on any atom is 0.123 e. The molecule has 1 saturated heterocycles. The second-order valence-electron chi connectivity index (χ2n) is 6.87. The molecule has 1 heterocycles. The number of hydrogen-bond donors (Lipinski definition) is 0. The molecule has 102 valence electrons. The van der Waals surface area contributed by atoms with E-state index in [9.17, 15) is 0 Å². The Morgan fingerprint density at radius 3 is 2.22 bits per heavy atom. The van der Waals surface area contributed by atoms with Gasteiger partial charge in [0, 0.05) is 5.54 Å². The lowest BCUT2D eigenvalue weighted by atomic mass is 9.71. The van der Waals surface area contributed by atoms with Crippen LogP contribution < -0.4 is 0 Å². The molecule has 0 N–H and O–H groups in total. The van der Waals surface area contributed by atoms with Crippen molar-refractivity contribution >= 4 is 23.5 Å². The van der Waals surface area contributed by atoms with Gasteiger partial charge in [-0.05, 0) is 38.1 Å². The van der Waals surface area contributed by atoms with Crippen LogP contribution in [0.5, 0.6) is 0 Å². The van der Waals surface area contributed by atoms with Crippen LogP contribution in [0.2, 0.25) is 5.82 Å². The van der Waals surface area contributed by atoms with Gasteiger partial charge in [-0.15, -0.1) is 0 Å². The van der Waals surface area contributed by atoms with Crippen molar-refractivity contribution in [1.29, 1.82) is 0 Å². The highest BCUT2D eigenvalue weighted by atomic mass is 15.2. The van der Waals surface area contributed by atoms with E-state index < -0.39 is 0 Å². The molecule has 4 atom stereocenters. The Hall–Kier alpha value is 0.155. The summed E-state index contributed by atoms with van der Waals surface area (Å²) in [4.78, 5) is 2.84. The lowest BCUT2D eigenvalue weighted by molar-refractivity contribution is 0.0883. The number of hydrogen-bond acceptors (Lipinski definition) is 1. The molecule has 1 aliphatic rings. The topological polar surface area (TPSA) is 3.24 Å². The zero-order valence-corrected chi connectivity index (χ0v) is 13.6. The largest absolute Gasteiger partial charge is 0.309 e. The maximum atomic E-state index is 2.84. The summed E-state index contributed by atoms with van der Waals surface area (Å²) in [6, 6.07) is 0. The second kappa shape index (κ2) is 7.08. The Bertz CT molecular complexity index is 249. The van der Waals surface area contributed by atoms with Gasteiger partial charge in [0.25, 0.3) is 0 Å². The zero-order chi connectivity index (χ0) is 13.8. The minimum absolute atomic E-state index is 0.428. The summed E-state index contributed by atoms with van der Waals surface area (Å²) in [7, 11) is 7.29. The SMILES string of the molecule is BC1CC(B)N(C(C)(CC)CCCCCC)C1B. The quantitative estimate of drug-likeness (QED) is 0.482. The summed E-state index contributed by atoms with van der Waals surface area (Å²) in [5, 5.41) is 0. The van der Waals surface area contributed by atoms with E-state index in [0.717, 1.165) is 17.7 Å². The Balaban J connectivity index is 2.62. The van der Waals surface area contributed by atoms with Gasteiger partial charge in [-0.3, -0.25) is 0 Å². The molecule has 1 nitrogen and oxygen atoms in total. The Labute approximate surface area is 118 Å². The normalized spacial score (nSPS) is 32.5. The number of rotatable bonds is 7. The lowest BCUT2D eigenvalue weighted by Gasteiger charge is -2.45. The minimum atomic E-state index is 0.428. The van der Waals surface area contributed by atoms with Crippen LogP contribution in [-0.4, -0.2) is 45.9 Å². The van der Waals surface area contributed by atoms with Crippen molar-refractivity contribution in [3.63, 3.8) is 0 Å². The third-order valence-corrected chi connectivity index (χ3v) is 5.40. The van der Waals surface area contributed by atoms with Crippen LogP contribution in [0.3, 0.4) is 0 Å². The predicted molar refractivity (Wildman–Crippen MR) is 90.9 cm³/mol. The van der Waals surface area contributed by atoms with Gasteiger partial charge in [0.15, 0.2) is 0 Å². The first-order chi connectivity index (χ1) is 8.46. The van der Waals surface area contributed by atoms with Gasteiger partial charge in [-0.1, -0.05) is 45.3 Å². The monoisotopic (exact) mass is 247 g/mol. The van der Waals surface area contributed by atoms with Crippen LogP contribution in [-0.2, 0) is 0 Å². The molecular formula is C14H32B3N. The summed E-state index contributed by atoms with van der Waals surface area (Å²) < 4.78 is 0. The van der Waals surface area contributed by atoms with Crippen LogP contribution in [0, 0.1) is 0 Å². The molecule has 1 aliphatic heterocycles. The fourth-order valence-corrected chi connectivity index (χ4v) is 3.97. The Kier molecular flexibility index (Phi) is 6.37. The van der Waals surface area contributed by atoms with Gasteiger partial charge in [-0.25, -0.2) is 0 Å². The van der Waals surface area contributed by atoms with E-state index in [2.05, 4.69) is 49.2 Å². The smallest absolute Gasteiger partial charge is 0.123 e. The first kappa shape index (κ1) is 16.2. The van der Waals surface area contributed by atoms with Gasteiger partial charge in [0.05, 0.1) is 0 Å². The molecule has 0 saturated carbocycles. The molecule has 0 aromatic rings. The van der Waals surface area contributed by atoms with Crippen LogP contribution >= 0.6 is 0 Å². The zero-order valence-electron chi connectivity index (χ0n) is 13.6. The molecule has 4 unspecified atom stereocenters. The van der Waals surface area contributed by atoms with Crippen molar-refractivity contribution in [3.05, 3.63) is 0 Å². The molecule has 18 heavy (non-hydrogen) atoms. The molecule has 0 bridgehead atoms. The predicted octanol–water partition coefficient (Wildman–Crippen LogP) is 1.17. The number of unbranched alkanes of at least 4 members (excludes halogenated alkanes) is 3. The standard InChI is InChI=1S/C14H32B3N/c1-4-6-7-8-9-14(3,5-2)18-12(16)10-11(15)13(18)17/h11-13H,4-10,15-17H2,1-3H3. The van der Waals surface area contributed by atoms with Crippen molar-refractivity contribution in [2.24, 2.45) is 0 Å². The van der Waals surface area contributed by atoms with Crippen LogP contribution in [0.25, 0.3) is 0 Å². The highest BCUT2D eigenvalue weighted by molar-refractivity contribution is 6.23. The fourth-order valence-electron chi connectivity index (χ4n) is 3.97. The van der Waals surface area contributed by atoms with Gasteiger partial charge < -0.3 is 4.90 Å². The van der Waals surface area contributed by atoms with E-state index in [1.807, 2.05) is 0 Å². The molecule has 1 rings (SSSR count). The molecule has 0 amide bonds. The summed E-state index contributed by atoms with van der Waals surface area (Å²) in [5.74, 6) is 2.39. The van der Waals surface area contributed by atoms with Crippen molar-refractivity contribution in [2.75, 3.05) is 0 Å². The van der Waals surface area contributed by atoms with E-state index in [1.54, 1.807) is 0 Å². The van der Waals surface area contributed by atoms with E-state index in [0.29, 0.717) is 5.54 Å². The fraction of sp³-hybridized carbons (Fsp3) is 1.00. The maximum absolute atomic E-state index is 2.84. The van der Waals surface area contributed by atoms with Gasteiger partial charge in [0.1, 0.15) is 23.5 Å². The average molecular weight is 247 g/mol. The number of nitrogens with zero attached hydrogens (tertiary/aromatic N) is 1. The lowest BCUT2D eigenvalue weighted by Crippen LogP contribution is -2.53. The van der Waals surface area contributed by atoms with Crippen LogP contribution in [0.15, 0.2) is 0 Å². The molecule has 4 heteroatoms. The third-order valence-electron chi connectivity index (χ3n) is 5.40. The molecular weight excluding hydrogens is 215 g/mol. The molecule has 0 radical (unpaired) electrons. The molecule has 0 spiro atoms. The van der Waals surface area contributed by atoms with Crippen molar-refractivity contribution < 1.29 is 0 Å². The summed E-state index contributed by atoms with van der Waals surface area (Å²) in [6.07, 6.45) is 9.62.